The van der Waals surface area contributed by atoms with Crippen LogP contribution in [0.1, 0.15) is 60.8 Å². The standard InChI is InChI=1S/C17H35N3O/c1-13(2)14(3)19-16(21)12-20-10-8-7-9-15(20)11-18-17(4,5)6/h13-15,18H,7-12H2,1-6H3,(H,19,21). The van der Waals surface area contributed by atoms with E-state index in [1.165, 1.54) is 19.3 Å². The fraction of sp³-hybridized carbons (Fsp3) is 0.941. The summed E-state index contributed by atoms with van der Waals surface area (Å²) in [7, 11) is 0. The summed E-state index contributed by atoms with van der Waals surface area (Å²) >= 11 is 0. The molecule has 1 saturated heterocycles. The molecule has 1 amide bonds. The van der Waals surface area contributed by atoms with Crippen LogP contribution in [0.4, 0.5) is 0 Å². The summed E-state index contributed by atoms with van der Waals surface area (Å²) < 4.78 is 0. The van der Waals surface area contributed by atoms with E-state index >= 15 is 0 Å². The summed E-state index contributed by atoms with van der Waals surface area (Å²) in [5, 5.41) is 6.70. The van der Waals surface area contributed by atoms with Gasteiger partial charge in [-0.05, 0) is 53.0 Å². The van der Waals surface area contributed by atoms with Crippen LogP contribution in [0.2, 0.25) is 0 Å². The van der Waals surface area contributed by atoms with Crippen LogP contribution >= 0.6 is 0 Å². The molecule has 2 atom stereocenters. The van der Waals surface area contributed by atoms with Gasteiger partial charge in [0.2, 0.25) is 5.91 Å². The highest BCUT2D eigenvalue weighted by Crippen LogP contribution is 2.17. The SMILES string of the molecule is CC(C)C(C)NC(=O)CN1CCCCC1CNC(C)(C)C. The molecule has 1 aliphatic heterocycles. The minimum atomic E-state index is 0.136. The molecule has 1 heterocycles. The summed E-state index contributed by atoms with van der Waals surface area (Å²) in [6.07, 6.45) is 3.67. The van der Waals surface area contributed by atoms with Crippen LogP contribution in [0.3, 0.4) is 0 Å². The highest BCUT2D eigenvalue weighted by molar-refractivity contribution is 5.78. The number of rotatable bonds is 6. The lowest BCUT2D eigenvalue weighted by Gasteiger charge is -2.37. The van der Waals surface area contributed by atoms with E-state index in [0.29, 0.717) is 18.5 Å². The van der Waals surface area contributed by atoms with E-state index in [9.17, 15) is 4.79 Å². The monoisotopic (exact) mass is 297 g/mol. The summed E-state index contributed by atoms with van der Waals surface area (Å²) in [4.78, 5) is 14.6. The molecule has 0 spiro atoms. The first-order valence-electron chi connectivity index (χ1n) is 8.47. The van der Waals surface area contributed by atoms with Crippen molar-refractivity contribution in [2.45, 2.75) is 78.4 Å². The maximum atomic E-state index is 12.2. The second kappa shape index (κ2) is 8.14. The van der Waals surface area contributed by atoms with Crippen molar-refractivity contribution in [2.75, 3.05) is 19.6 Å². The predicted octanol–water partition coefficient (Wildman–Crippen LogP) is 2.39. The lowest BCUT2D eigenvalue weighted by atomic mass is 10.0. The van der Waals surface area contributed by atoms with Gasteiger partial charge in [0.25, 0.3) is 0 Å². The van der Waals surface area contributed by atoms with Gasteiger partial charge in [0.15, 0.2) is 0 Å². The second-order valence-corrected chi connectivity index (χ2v) is 7.85. The molecule has 21 heavy (non-hydrogen) atoms. The third-order valence-electron chi connectivity index (χ3n) is 4.35. The number of nitrogens with one attached hydrogen (secondary N) is 2. The van der Waals surface area contributed by atoms with Crippen LogP contribution in [0.25, 0.3) is 0 Å². The maximum Gasteiger partial charge on any atom is 0.234 e. The smallest absolute Gasteiger partial charge is 0.234 e. The van der Waals surface area contributed by atoms with E-state index in [-0.39, 0.29) is 17.5 Å². The van der Waals surface area contributed by atoms with Gasteiger partial charge in [-0.3, -0.25) is 9.69 Å². The Morgan fingerprint density at radius 3 is 2.48 bits per heavy atom. The Morgan fingerprint density at radius 2 is 1.90 bits per heavy atom. The molecule has 2 unspecified atom stereocenters. The summed E-state index contributed by atoms with van der Waals surface area (Å²) in [6.45, 7) is 15.5. The molecule has 1 fully saturated rings. The maximum absolute atomic E-state index is 12.2. The minimum absolute atomic E-state index is 0.136. The van der Waals surface area contributed by atoms with Gasteiger partial charge in [-0.1, -0.05) is 20.3 Å². The average Bonchev–Trinajstić information content (AvgIpc) is 2.36. The van der Waals surface area contributed by atoms with Gasteiger partial charge in [-0.15, -0.1) is 0 Å². The molecule has 0 radical (unpaired) electrons. The Labute approximate surface area is 131 Å². The number of amides is 1. The van der Waals surface area contributed by atoms with Crippen LogP contribution in [0.5, 0.6) is 0 Å². The van der Waals surface area contributed by atoms with Gasteiger partial charge in [0.1, 0.15) is 0 Å². The largest absolute Gasteiger partial charge is 0.352 e. The Hall–Kier alpha value is -0.610. The molecule has 0 bridgehead atoms. The molecule has 0 aromatic rings. The molecular formula is C17H35N3O. The van der Waals surface area contributed by atoms with E-state index < -0.39 is 0 Å². The number of hydrogen-bond acceptors (Lipinski definition) is 3. The zero-order valence-corrected chi connectivity index (χ0v) is 14.8. The summed E-state index contributed by atoms with van der Waals surface area (Å²) in [6, 6.07) is 0.728. The van der Waals surface area contributed by atoms with E-state index in [1.807, 2.05) is 0 Å². The van der Waals surface area contributed by atoms with Gasteiger partial charge < -0.3 is 10.6 Å². The van der Waals surface area contributed by atoms with Gasteiger partial charge in [0, 0.05) is 24.2 Å². The van der Waals surface area contributed by atoms with Crippen molar-refractivity contribution >= 4 is 5.91 Å². The van der Waals surface area contributed by atoms with Crippen molar-refractivity contribution in [3.05, 3.63) is 0 Å². The van der Waals surface area contributed by atoms with Crippen molar-refractivity contribution in [3.8, 4) is 0 Å². The molecule has 4 nitrogen and oxygen atoms in total. The van der Waals surface area contributed by atoms with Gasteiger partial charge in [-0.2, -0.15) is 0 Å². The molecule has 0 aliphatic carbocycles. The number of hydrogen-bond donors (Lipinski definition) is 2. The van der Waals surface area contributed by atoms with Crippen LogP contribution < -0.4 is 10.6 Å². The van der Waals surface area contributed by atoms with E-state index in [1.54, 1.807) is 0 Å². The Bertz CT molecular complexity index is 322. The van der Waals surface area contributed by atoms with E-state index in [2.05, 4.69) is 57.1 Å². The molecule has 4 heteroatoms. The number of nitrogens with zero attached hydrogens (tertiary/aromatic N) is 1. The van der Waals surface area contributed by atoms with Gasteiger partial charge in [-0.25, -0.2) is 0 Å². The molecule has 1 aliphatic rings. The van der Waals surface area contributed by atoms with Gasteiger partial charge >= 0.3 is 0 Å². The first-order chi connectivity index (χ1) is 9.69. The summed E-state index contributed by atoms with van der Waals surface area (Å²) in [5.74, 6) is 0.646. The van der Waals surface area contributed by atoms with Gasteiger partial charge in [0.05, 0.1) is 6.54 Å². The Balaban J connectivity index is 2.47. The molecule has 1 rings (SSSR count). The minimum Gasteiger partial charge on any atom is -0.352 e. The zero-order chi connectivity index (χ0) is 16.0. The fourth-order valence-corrected chi connectivity index (χ4v) is 2.57. The van der Waals surface area contributed by atoms with E-state index in [4.69, 9.17) is 0 Å². The summed E-state index contributed by atoms with van der Waals surface area (Å²) in [5.41, 5.74) is 0.136. The van der Waals surface area contributed by atoms with Crippen molar-refractivity contribution in [3.63, 3.8) is 0 Å². The third-order valence-corrected chi connectivity index (χ3v) is 4.35. The Morgan fingerprint density at radius 1 is 1.24 bits per heavy atom. The highest BCUT2D eigenvalue weighted by Gasteiger charge is 2.25. The zero-order valence-electron chi connectivity index (χ0n) is 14.8. The lowest BCUT2D eigenvalue weighted by Crippen LogP contribution is -2.53. The quantitative estimate of drug-likeness (QED) is 0.791. The predicted molar refractivity (Wildman–Crippen MR) is 89.4 cm³/mol. The molecule has 0 saturated carbocycles. The molecule has 2 N–H and O–H groups in total. The molecular weight excluding hydrogens is 262 g/mol. The molecule has 0 aromatic heterocycles. The molecule has 0 aromatic carbocycles. The number of carbonyl (C=O) groups is 1. The average molecular weight is 297 g/mol. The first kappa shape index (κ1) is 18.4. The normalized spacial score (nSPS) is 22.3. The van der Waals surface area contributed by atoms with E-state index in [0.717, 1.165) is 13.1 Å². The van der Waals surface area contributed by atoms with Crippen LogP contribution in [0.15, 0.2) is 0 Å². The topological polar surface area (TPSA) is 44.4 Å². The first-order valence-corrected chi connectivity index (χ1v) is 8.47. The van der Waals surface area contributed by atoms with Crippen molar-refractivity contribution < 1.29 is 4.79 Å². The molecule has 124 valence electrons. The fourth-order valence-electron chi connectivity index (χ4n) is 2.57. The van der Waals surface area contributed by atoms with Crippen LogP contribution in [0, 0.1) is 5.92 Å². The van der Waals surface area contributed by atoms with Crippen LogP contribution in [-0.2, 0) is 4.79 Å². The number of carbonyl (C=O) groups excluding carboxylic acids is 1. The van der Waals surface area contributed by atoms with Crippen molar-refractivity contribution in [2.24, 2.45) is 5.92 Å². The number of piperidine rings is 1. The lowest BCUT2D eigenvalue weighted by molar-refractivity contribution is -0.124. The Kier molecular flexibility index (Phi) is 7.14. The highest BCUT2D eigenvalue weighted by atomic mass is 16.2. The third kappa shape index (κ3) is 7.28. The van der Waals surface area contributed by atoms with Crippen LogP contribution in [-0.4, -0.2) is 48.1 Å². The van der Waals surface area contributed by atoms with Crippen molar-refractivity contribution in [1.29, 1.82) is 0 Å². The van der Waals surface area contributed by atoms with Crippen molar-refractivity contribution in [1.82, 2.24) is 15.5 Å². The number of likely N-dealkylation sites (tertiary alicyclic amines) is 1. The second-order valence-electron chi connectivity index (χ2n) is 7.85.